The van der Waals surface area contributed by atoms with E-state index in [1.807, 2.05) is 17.0 Å². The van der Waals surface area contributed by atoms with Gasteiger partial charge in [-0.2, -0.15) is 4.98 Å². The van der Waals surface area contributed by atoms with E-state index in [9.17, 15) is 4.79 Å². The molecule has 0 bridgehead atoms. The van der Waals surface area contributed by atoms with Gasteiger partial charge in [-0.15, -0.1) is 0 Å². The number of oxazole rings is 1. The first-order chi connectivity index (χ1) is 19.1. The van der Waals surface area contributed by atoms with E-state index >= 15 is 0 Å². The Morgan fingerprint density at radius 2 is 2.00 bits per heavy atom. The summed E-state index contributed by atoms with van der Waals surface area (Å²) in [5.74, 6) is 0.703. The maximum Gasteiger partial charge on any atom is 0.300 e. The largest absolute Gasteiger partial charge is 0.422 e. The van der Waals surface area contributed by atoms with Crippen LogP contribution in [0.2, 0.25) is 0 Å². The summed E-state index contributed by atoms with van der Waals surface area (Å²) < 4.78 is 11.6. The smallest absolute Gasteiger partial charge is 0.300 e. The van der Waals surface area contributed by atoms with Crippen molar-refractivity contribution in [3.8, 4) is 0 Å². The van der Waals surface area contributed by atoms with Crippen molar-refractivity contribution >= 4 is 46.6 Å². The number of piperazine rings is 1. The van der Waals surface area contributed by atoms with Crippen molar-refractivity contribution in [1.82, 2.24) is 19.9 Å². The quantitative estimate of drug-likeness (QED) is 0.454. The number of nitrogens with zero attached hydrogens (tertiary/aromatic N) is 7. The topological polar surface area (TPSA) is 138 Å². The van der Waals surface area contributed by atoms with E-state index in [-0.39, 0.29) is 5.91 Å². The first-order valence-corrected chi connectivity index (χ1v) is 13.4. The predicted octanol–water partition coefficient (Wildman–Crippen LogP) is 1.99. The zero-order valence-corrected chi connectivity index (χ0v) is 22.0. The van der Waals surface area contributed by atoms with E-state index < -0.39 is 0 Å². The van der Waals surface area contributed by atoms with Gasteiger partial charge in [-0.25, -0.2) is 9.97 Å². The lowest BCUT2D eigenvalue weighted by molar-refractivity contribution is 0.102. The van der Waals surface area contributed by atoms with Crippen molar-refractivity contribution in [2.45, 2.75) is 18.9 Å². The number of fused-ring (bicyclic) bond motifs is 2. The summed E-state index contributed by atoms with van der Waals surface area (Å²) in [7, 11) is 1.67. The van der Waals surface area contributed by atoms with Crippen molar-refractivity contribution in [2.24, 2.45) is 10.7 Å². The lowest BCUT2D eigenvalue weighted by Crippen LogP contribution is -2.50. The number of allylic oxidation sites excluding steroid dienone is 1. The minimum Gasteiger partial charge on any atom is -0.422 e. The van der Waals surface area contributed by atoms with Gasteiger partial charge in [0.15, 0.2) is 5.58 Å². The number of nitrogens with one attached hydrogen (secondary N) is 1. The number of hydrogen-bond donors (Lipinski definition) is 2. The molecule has 6 rings (SSSR count). The number of nitrogens with two attached hydrogens (primary N) is 1. The molecule has 3 N–H and O–H groups in total. The molecule has 12 heteroatoms. The number of rotatable bonds is 6. The Morgan fingerprint density at radius 3 is 2.82 bits per heavy atom. The zero-order chi connectivity index (χ0) is 26.8. The van der Waals surface area contributed by atoms with Gasteiger partial charge in [0.05, 0.1) is 24.5 Å². The summed E-state index contributed by atoms with van der Waals surface area (Å²) in [5.41, 5.74) is 8.41. The Balaban J connectivity index is 1.34. The van der Waals surface area contributed by atoms with E-state index in [4.69, 9.17) is 19.9 Å². The molecule has 3 aliphatic heterocycles. The van der Waals surface area contributed by atoms with Gasteiger partial charge < -0.3 is 30.0 Å². The molecular weight excluding hydrogens is 498 g/mol. The second-order valence-corrected chi connectivity index (χ2v) is 9.93. The highest BCUT2D eigenvalue weighted by Gasteiger charge is 2.33. The number of carbonyl (C=O) groups excluding carboxylic acids is 1. The van der Waals surface area contributed by atoms with Gasteiger partial charge in [0.1, 0.15) is 11.6 Å². The molecule has 3 saturated heterocycles. The molecule has 0 radical (unpaired) electrons. The Labute approximate surface area is 226 Å². The van der Waals surface area contributed by atoms with Crippen molar-refractivity contribution in [2.75, 3.05) is 74.6 Å². The minimum absolute atomic E-state index is 0.315. The molecule has 1 unspecified atom stereocenters. The highest BCUT2D eigenvalue weighted by Crippen LogP contribution is 2.31. The van der Waals surface area contributed by atoms with Gasteiger partial charge >= 0.3 is 0 Å². The van der Waals surface area contributed by atoms with Crippen LogP contribution >= 0.6 is 0 Å². The van der Waals surface area contributed by atoms with Gasteiger partial charge in [0.25, 0.3) is 11.9 Å². The van der Waals surface area contributed by atoms with E-state index in [2.05, 4.69) is 30.1 Å². The van der Waals surface area contributed by atoms with E-state index in [1.54, 1.807) is 25.4 Å². The Hall–Kier alpha value is -4.03. The number of ether oxygens (including phenoxy) is 1. The minimum atomic E-state index is -0.315. The number of pyridine rings is 2. The van der Waals surface area contributed by atoms with Crippen molar-refractivity contribution in [1.29, 1.82) is 0 Å². The molecule has 12 nitrogen and oxygen atoms in total. The van der Waals surface area contributed by atoms with Crippen LogP contribution in [0.4, 0.5) is 17.7 Å². The molecule has 3 fully saturated rings. The fourth-order valence-corrected chi connectivity index (χ4v) is 5.51. The van der Waals surface area contributed by atoms with Crippen LogP contribution in [0.25, 0.3) is 16.8 Å². The summed E-state index contributed by atoms with van der Waals surface area (Å²) in [4.78, 5) is 38.7. The molecular formula is C27H33N9O3. The second kappa shape index (κ2) is 11.0. The molecule has 0 aliphatic carbocycles. The third kappa shape index (κ3) is 5.17. The first kappa shape index (κ1) is 25.3. The van der Waals surface area contributed by atoms with Gasteiger partial charge in [0.2, 0.25) is 5.65 Å². The molecule has 39 heavy (non-hydrogen) atoms. The standard InChI is InChI=1S/C27H33N9O3/c1-29-16-18(15-28)21-5-2-6-23(30-21)31-26(37)20-14-22-24(33-27(39-22)35-10-12-38-13-11-35)32-25(20)36-9-8-34-7-3-4-19(34)17-36/h2,5-6,14-16,19H,3-4,7-13,17,28H2,1H3,(H,30,31,37)/b18-15+,29-16?. The van der Waals surface area contributed by atoms with Crippen molar-refractivity contribution in [3.05, 3.63) is 41.7 Å². The maximum absolute atomic E-state index is 13.8. The lowest BCUT2D eigenvalue weighted by Gasteiger charge is -2.38. The Bertz CT molecular complexity index is 1410. The first-order valence-electron chi connectivity index (χ1n) is 13.4. The fraction of sp³-hybridized carbons (Fsp3) is 0.444. The second-order valence-electron chi connectivity index (χ2n) is 9.93. The molecule has 1 atom stereocenters. The Kier molecular flexibility index (Phi) is 7.12. The summed E-state index contributed by atoms with van der Waals surface area (Å²) in [6, 6.07) is 8.10. The van der Waals surface area contributed by atoms with Crippen LogP contribution in [-0.2, 0) is 4.74 Å². The molecule has 3 aromatic heterocycles. The average Bonchev–Trinajstić information content (AvgIpc) is 3.62. The molecule has 0 saturated carbocycles. The summed E-state index contributed by atoms with van der Waals surface area (Å²) >= 11 is 0. The van der Waals surface area contributed by atoms with E-state index in [0.717, 1.165) is 32.6 Å². The van der Waals surface area contributed by atoms with Crippen molar-refractivity contribution in [3.63, 3.8) is 0 Å². The van der Waals surface area contributed by atoms with Crippen LogP contribution in [0.3, 0.4) is 0 Å². The van der Waals surface area contributed by atoms with Crippen LogP contribution in [0.15, 0.2) is 39.9 Å². The number of amides is 1. The van der Waals surface area contributed by atoms with Gasteiger partial charge in [-0.1, -0.05) is 6.07 Å². The normalized spacial score (nSPS) is 20.6. The van der Waals surface area contributed by atoms with Crippen LogP contribution < -0.4 is 20.9 Å². The fourth-order valence-electron chi connectivity index (χ4n) is 5.51. The van der Waals surface area contributed by atoms with Crippen LogP contribution in [0.1, 0.15) is 28.9 Å². The molecule has 6 heterocycles. The predicted molar refractivity (Wildman–Crippen MR) is 150 cm³/mol. The lowest BCUT2D eigenvalue weighted by atomic mass is 10.1. The highest BCUT2D eigenvalue weighted by atomic mass is 16.5. The maximum atomic E-state index is 13.8. The molecule has 3 aliphatic rings. The molecule has 204 valence electrons. The molecule has 0 aromatic carbocycles. The number of anilines is 3. The van der Waals surface area contributed by atoms with Gasteiger partial charge in [0, 0.05) is 69.9 Å². The summed E-state index contributed by atoms with van der Waals surface area (Å²) in [6.07, 6.45) is 5.42. The van der Waals surface area contributed by atoms with E-state index in [0.29, 0.717) is 78.1 Å². The summed E-state index contributed by atoms with van der Waals surface area (Å²) in [6.45, 7) is 6.32. The SMILES string of the molecule is CN=C/C(=C\N)c1cccc(NC(=O)c2cc3oc(N4CCOCC4)nc3nc2N2CCN3CCCC3C2)n1. The summed E-state index contributed by atoms with van der Waals surface area (Å²) in [5, 5.41) is 2.95. The molecule has 0 spiro atoms. The highest BCUT2D eigenvalue weighted by molar-refractivity contribution is 6.10. The van der Waals surface area contributed by atoms with Crippen LogP contribution in [0, 0.1) is 0 Å². The monoisotopic (exact) mass is 531 g/mol. The average molecular weight is 532 g/mol. The number of hydrogen-bond acceptors (Lipinski definition) is 11. The van der Waals surface area contributed by atoms with Crippen LogP contribution in [-0.4, -0.2) is 97.5 Å². The molecule has 3 aromatic rings. The zero-order valence-electron chi connectivity index (χ0n) is 22.0. The van der Waals surface area contributed by atoms with Gasteiger partial charge in [-0.3, -0.25) is 14.7 Å². The number of aliphatic imine (C=N–C) groups is 1. The van der Waals surface area contributed by atoms with Gasteiger partial charge in [-0.05, 0) is 31.5 Å². The number of morpholine rings is 1. The van der Waals surface area contributed by atoms with Crippen molar-refractivity contribution < 1.29 is 13.9 Å². The Morgan fingerprint density at radius 1 is 1.13 bits per heavy atom. The van der Waals surface area contributed by atoms with E-state index in [1.165, 1.54) is 12.6 Å². The molecule has 1 amide bonds. The third-order valence-corrected chi connectivity index (χ3v) is 7.50. The third-order valence-electron chi connectivity index (χ3n) is 7.50. The number of aromatic nitrogens is 3. The number of carbonyl (C=O) groups is 1. The van der Waals surface area contributed by atoms with Crippen LogP contribution in [0.5, 0.6) is 0 Å².